The number of aromatic nitrogens is 2. The monoisotopic (exact) mass is 487 g/mol. The van der Waals surface area contributed by atoms with Crippen LogP contribution in [0.2, 0.25) is 0 Å². The van der Waals surface area contributed by atoms with Crippen molar-refractivity contribution in [1.82, 2.24) is 14.7 Å². The van der Waals surface area contributed by atoms with Gasteiger partial charge in [-0.25, -0.2) is 14.3 Å². The number of primary amides is 1. The molecule has 1 atom stereocenters. The molecule has 11 heteroatoms. The third-order valence-corrected chi connectivity index (χ3v) is 4.79. The number of hydrogen-bond donors (Lipinski definition) is 1. The van der Waals surface area contributed by atoms with Gasteiger partial charge in [0.1, 0.15) is 21.4 Å². The van der Waals surface area contributed by atoms with Gasteiger partial charge in [-0.3, -0.25) is 9.69 Å². The van der Waals surface area contributed by atoms with Gasteiger partial charge in [0.05, 0.1) is 6.04 Å². The van der Waals surface area contributed by atoms with E-state index in [-0.39, 0.29) is 22.0 Å². The van der Waals surface area contributed by atoms with Crippen LogP contribution in [-0.2, 0) is 9.47 Å². The Morgan fingerprint density at radius 3 is 2.20 bits per heavy atom. The molecule has 0 spiro atoms. The Bertz CT molecular complexity index is 840. The van der Waals surface area contributed by atoms with Gasteiger partial charge in [0, 0.05) is 20.1 Å². The molecule has 0 aliphatic carbocycles. The summed E-state index contributed by atoms with van der Waals surface area (Å²) in [5, 5.41) is 4.39. The van der Waals surface area contributed by atoms with E-state index in [9.17, 15) is 14.4 Å². The summed E-state index contributed by atoms with van der Waals surface area (Å²) in [6.07, 6.45) is -0.505. The van der Waals surface area contributed by atoms with Crippen molar-refractivity contribution in [1.29, 1.82) is 0 Å². The van der Waals surface area contributed by atoms with Gasteiger partial charge in [0.25, 0.3) is 5.91 Å². The second-order valence-corrected chi connectivity index (χ2v) is 9.96. The summed E-state index contributed by atoms with van der Waals surface area (Å²) in [5.74, 6) is -0.528. The summed E-state index contributed by atoms with van der Waals surface area (Å²) < 4.78 is 12.6. The van der Waals surface area contributed by atoms with Crippen molar-refractivity contribution in [3.05, 3.63) is 10.2 Å². The highest BCUT2D eigenvalue weighted by atomic mass is 79.9. The molecule has 1 fully saturated rings. The van der Waals surface area contributed by atoms with Crippen molar-refractivity contribution in [3.63, 3.8) is 0 Å². The summed E-state index contributed by atoms with van der Waals surface area (Å²) >= 11 is 3.26. The lowest BCUT2D eigenvalue weighted by Gasteiger charge is -2.27. The summed E-state index contributed by atoms with van der Waals surface area (Å²) in [5.41, 5.74) is 4.29. The van der Waals surface area contributed by atoms with Crippen LogP contribution in [0.4, 0.5) is 15.4 Å². The van der Waals surface area contributed by atoms with Gasteiger partial charge in [-0.15, -0.1) is 0 Å². The van der Waals surface area contributed by atoms with Crippen LogP contribution in [0.3, 0.4) is 0 Å². The van der Waals surface area contributed by atoms with E-state index in [1.54, 1.807) is 51.1 Å². The Morgan fingerprint density at radius 2 is 1.70 bits per heavy atom. The number of amides is 3. The Kier molecular flexibility index (Phi) is 6.75. The minimum absolute atomic E-state index is 0.0686. The van der Waals surface area contributed by atoms with E-state index in [0.29, 0.717) is 19.5 Å². The zero-order chi connectivity index (χ0) is 23.0. The summed E-state index contributed by atoms with van der Waals surface area (Å²) in [7, 11) is 1.49. The highest BCUT2D eigenvalue weighted by Gasteiger charge is 2.36. The van der Waals surface area contributed by atoms with E-state index in [1.165, 1.54) is 11.9 Å². The molecule has 0 radical (unpaired) electrons. The third-order valence-electron chi connectivity index (χ3n) is 4.23. The number of nitrogens with zero attached hydrogens (tertiary/aromatic N) is 4. The number of likely N-dealkylation sites (tertiary alicyclic amines) is 1. The fraction of sp³-hybridized carbons (Fsp3) is 0.684. The quantitative estimate of drug-likeness (QED) is 0.697. The molecule has 2 N–H and O–H groups in total. The fourth-order valence-corrected chi connectivity index (χ4v) is 3.58. The van der Waals surface area contributed by atoms with E-state index in [4.69, 9.17) is 15.2 Å². The maximum Gasteiger partial charge on any atom is 0.415 e. The molecule has 1 aromatic rings. The largest absolute Gasteiger partial charge is 0.444 e. The number of ether oxygens (including phenoxy) is 2. The van der Waals surface area contributed by atoms with Crippen LogP contribution in [0.15, 0.2) is 4.60 Å². The molecule has 1 aromatic heterocycles. The SMILES string of the molecule is CN(C(=O)OC(C)(C)C)c1c(C(N)=O)c(Br)nn1[C@H]1CCN(C(=O)OC(C)(C)C)C1. The molecule has 1 aliphatic heterocycles. The molecule has 1 saturated heterocycles. The van der Waals surface area contributed by atoms with Crippen LogP contribution in [0.5, 0.6) is 0 Å². The molecule has 2 heterocycles. The predicted octanol–water partition coefficient (Wildman–Crippen LogP) is 3.30. The zero-order valence-electron chi connectivity index (χ0n) is 18.5. The number of carbonyl (C=O) groups excluding carboxylic acids is 3. The van der Waals surface area contributed by atoms with Crippen molar-refractivity contribution in [3.8, 4) is 0 Å². The second kappa shape index (κ2) is 8.44. The molecule has 0 saturated carbocycles. The topological polar surface area (TPSA) is 120 Å². The lowest BCUT2D eigenvalue weighted by molar-refractivity contribution is 0.0287. The van der Waals surface area contributed by atoms with E-state index >= 15 is 0 Å². The number of hydrogen-bond acceptors (Lipinski definition) is 6. The minimum Gasteiger partial charge on any atom is -0.444 e. The van der Waals surface area contributed by atoms with Gasteiger partial charge < -0.3 is 20.1 Å². The number of anilines is 1. The summed E-state index contributed by atoms with van der Waals surface area (Å²) in [4.78, 5) is 39.9. The highest BCUT2D eigenvalue weighted by molar-refractivity contribution is 9.10. The molecule has 0 unspecified atom stereocenters. The summed E-state index contributed by atoms with van der Waals surface area (Å²) in [6, 6.07) is -0.276. The van der Waals surface area contributed by atoms with E-state index in [0.717, 1.165) is 0 Å². The molecule has 10 nitrogen and oxygen atoms in total. The highest BCUT2D eigenvalue weighted by Crippen LogP contribution is 2.34. The maximum atomic E-state index is 12.7. The normalized spacial score (nSPS) is 17.1. The van der Waals surface area contributed by atoms with Gasteiger partial charge in [-0.2, -0.15) is 5.10 Å². The van der Waals surface area contributed by atoms with Crippen LogP contribution in [0, 0.1) is 0 Å². The van der Waals surface area contributed by atoms with Gasteiger partial charge in [0.2, 0.25) is 0 Å². The zero-order valence-corrected chi connectivity index (χ0v) is 20.1. The molecule has 0 aromatic carbocycles. The average molecular weight is 488 g/mol. The van der Waals surface area contributed by atoms with Crippen molar-refractivity contribution in [2.75, 3.05) is 25.0 Å². The second-order valence-electron chi connectivity index (χ2n) is 9.21. The van der Waals surface area contributed by atoms with E-state index in [1.807, 2.05) is 0 Å². The van der Waals surface area contributed by atoms with Crippen molar-refractivity contribution >= 4 is 39.8 Å². The first-order valence-electron chi connectivity index (χ1n) is 9.63. The number of carbonyl (C=O) groups is 3. The Morgan fingerprint density at radius 1 is 1.13 bits per heavy atom. The number of rotatable bonds is 3. The van der Waals surface area contributed by atoms with Gasteiger partial charge in [-0.05, 0) is 63.9 Å². The van der Waals surface area contributed by atoms with Crippen molar-refractivity contribution in [2.45, 2.75) is 65.2 Å². The van der Waals surface area contributed by atoms with E-state index < -0.39 is 29.3 Å². The van der Waals surface area contributed by atoms with Crippen LogP contribution in [0.25, 0.3) is 0 Å². The van der Waals surface area contributed by atoms with Gasteiger partial charge in [-0.1, -0.05) is 0 Å². The molecular formula is C19H30BrN5O5. The van der Waals surface area contributed by atoms with Crippen molar-refractivity contribution < 1.29 is 23.9 Å². The lowest BCUT2D eigenvalue weighted by atomic mass is 10.2. The standard InChI is InChI=1S/C19H30BrN5O5/c1-18(2,3)29-16(27)23(7)15-12(14(21)26)13(20)22-25(15)11-8-9-24(10-11)17(28)30-19(4,5)6/h11H,8-10H2,1-7H3,(H2,21,26)/t11-/m0/s1. The minimum atomic E-state index is -0.736. The first kappa shape index (κ1) is 24.0. The lowest BCUT2D eigenvalue weighted by Crippen LogP contribution is -2.37. The Hall–Kier alpha value is -2.30. The Labute approximate surface area is 184 Å². The van der Waals surface area contributed by atoms with Crippen molar-refractivity contribution in [2.24, 2.45) is 5.73 Å². The molecule has 30 heavy (non-hydrogen) atoms. The van der Waals surface area contributed by atoms with Crippen LogP contribution >= 0.6 is 15.9 Å². The van der Waals surface area contributed by atoms with E-state index in [2.05, 4.69) is 21.0 Å². The third kappa shape index (κ3) is 5.65. The van der Waals surface area contributed by atoms with Crippen LogP contribution < -0.4 is 10.6 Å². The van der Waals surface area contributed by atoms with Gasteiger partial charge in [0.15, 0.2) is 5.82 Å². The number of nitrogens with two attached hydrogens (primary N) is 1. The molecule has 168 valence electrons. The smallest absolute Gasteiger partial charge is 0.415 e. The molecule has 2 rings (SSSR count). The first-order chi connectivity index (χ1) is 13.6. The molecule has 3 amide bonds. The molecule has 0 bridgehead atoms. The summed E-state index contributed by atoms with van der Waals surface area (Å²) in [6.45, 7) is 11.4. The van der Waals surface area contributed by atoms with Gasteiger partial charge >= 0.3 is 12.2 Å². The Balaban J connectivity index is 2.35. The maximum absolute atomic E-state index is 12.7. The average Bonchev–Trinajstić information content (AvgIpc) is 3.15. The predicted molar refractivity (Wildman–Crippen MR) is 115 cm³/mol. The molecule has 1 aliphatic rings. The first-order valence-corrected chi connectivity index (χ1v) is 10.4. The fourth-order valence-electron chi connectivity index (χ4n) is 3.04. The molecular weight excluding hydrogens is 458 g/mol. The van der Waals surface area contributed by atoms with Crippen LogP contribution in [0.1, 0.15) is 64.4 Å². The number of halogens is 1. The van der Waals surface area contributed by atoms with Crippen LogP contribution in [-0.4, -0.2) is 64.1 Å².